The molecule has 9 heteroatoms. The minimum Gasteiger partial charge on any atom is -0.357 e. The molecule has 0 spiro atoms. The van der Waals surface area contributed by atoms with Gasteiger partial charge in [-0.2, -0.15) is 0 Å². The van der Waals surface area contributed by atoms with E-state index in [4.69, 9.17) is 11.6 Å². The Morgan fingerprint density at radius 3 is 2.96 bits per heavy atom. The van der Waals surface area contributed by atoms with Crippen LogP contribution in [0.15, 0.2) is 22.5 Å². The predicted octanol–water partition coefficient (Wildman–Crippen LogP) is 4.02. The van der Waals surface area contributed by atoms with Crippen molar-refractivity contribution < 1.29 is 9.18 Å². The number of aromatic nitrogens is 2. The van der Waals surface area contributed by atoms with Gasteiger partial charge in [-0.05, 0) is 38.0 Å². The van der Waals surface area contributed by atoms with Gasteiger partial charge in [0.1, 0.15) is 5.82 Å². The molecule has 122 valence electrons. The van der Waals surface area contributed by atoms with E-state index in [9.17, 15) is 9.18 Å². The van der Waals surface area contributed by atoms with Crippen LogP contribution in [0.4, 0.5) is 15.2 Å². The Morgan fingerprint density at radius 1 is 1.48 bits per heavy atom. The van der Waals surface area contributed by atoms with E-state index in [0.29, 0.717) is 11.7 Å². The normalized spacial score (nSPS) is 15.3. The highest BCUT2D eigenvalue weighted by Gasteiger charge is 2.23. The average Bonchev–Trinajstić information content (AvgIpc) is 3.20. The summed E-state index contributed by atoms with van der Waals surface area (Å²) in [6, 6.07) is 4.37. The van der Waals surface area contributed by atoms with Gasteiger partial charge in [0.2, 0.25) is 11.0 Å². The van der Waals surface area contributed by atoms with Gasteiger partial charge < -0.3 is 10.6 Å². The molecule has 1 heterocycles. The molecule has 1 atom stereocenters. The maximum atomic E-state index is 13.0. The van der Waals surface area contributed by atoms with Gasteiger partial charge in [-0.1, -0.05) is 34.7 Å². The number of carbonyl (C=O) groups is 1. The van der Waals surface area contributed by atoms with Crippen molar-refractivity contribution in [3.05, 3.63) is 29.0 Å². The summed E-state index contributed by atoms with van der Waals surface area (Å²) >= 11 is 8.66. The standard InChI is InChI=1S/C14H14ClFN4OS2/c1-7(12(21)18-11-5-2-8(16)6-10(11)15)22-14-20-19-13(23-14)17-9-3-4-9/h2,5-7,9H,3-4H2,1H3,(H,17,19)(H,18,21)/t7-/m1/s1. The summed E-state index contributed by atoms with van der Waals surface area (Å²) in [4.78, 5) is 12.2. The second-order valence-corrected chi connectivity index (χ2v) is 8.14. The van der Waals surface area contributed by atoms with Gasteiger partial charge in [0.05, 0.1) is 16.0 Å². The molecule has 23 heavy (non-hydrogen) atoms. The largest absolute Gasteiger partial charge is 0.357 e. The number of halogens is 2. The molecule has 1 aromatic carbocycles. The SMILES string of the molecule is C[C@@H](Sc1nnc(NC2CC2)s1)C(=O)Nc1ccc(F)cc1Cl. The number of hydrogen-bond acceptors (Lipinski definition) is 6. The number of rotatable bonds is 6. The van der Waals surface area contributed by atoms with Crippen LogP contribution in [0.25, 0.3) is 0 Å². The monoisotopic (exact) mass is 372 g/mol. The fourth-order valence-electron chi connectivity index (χ4n) is 1.75. The molecule has 2 N–H and O–H groups in total. The molecule has 0 radical (unpaired) electrons. The van der Waals surface area contributed by atoms with Crippen LogP contribution in [0.5, 0.6) is 0 Å². The smallest absolute Gasteiger partial charge is 0.237 e. The van der Waals surface area contributed by atoms with Crippen molar-refractivity contribution in [2.45, 2.75) is 35.4 Å². The first-order chi connectivity index (χ1) is 11.0. The average molecular weight is 373 g/mol. The highest BCUT2D eigenvalue weighted by atomic mass is 35.5. The second-order valence-electron chi connectivity index (χ2n) is 5.17. The summed E-state index contributed by atoms with van der Waals surface area (Å²) in [7, 11) is 0. The Bertz CT molecular complexity index is 723. The van der Waals surface area contributed by atoms with Gasteiger partial charge >= 0.3 is 0 Å². The number of carbonyl (C=O) groups excluding carboxylic acids is 1. The van der Waals surface area contributed by atoms with Crippen molar-refractivity contribution in [1.29, 1.82) is 0 Å². The second kappa shape index (κ2) is 7.02. The van der Waals surface area contributed by atoms with Crippen LogP contribution in [-0.4, -0.2) is 27.4 Å². The van der Waals surface area contributed by atoms with Gasteiger partial charge in [0.15, 0.2) is 4.34 Å². The molecule has 2 aromatic rings. The minimum atomic E-state index is -0.444. The van der Waals surface area contributed by atoms with Gasteiger partial charge in [-0.15, -0.1) is 10.2 Å². The molecule has 1 fully saturated rings. The lowest BCUT2D eigenvalue weighted by molar-refractivity contribution is -0.115. The first-order valence-corrected chi connectivity index (χ1v) is 9.11. The number of hydrogen-bond donors (Lipinski definition) is 2. The van der Waals surface area contributed by atoms with Crippen LogP contribution >= 0.6 is 34.7 Å². The maximum absolute atomic E-state index is 13.0. The van der Waals surface area contributed by atoms with Crippen molar-refractivity contribution in [2.24, 2.45) is 0 Å². The molecule has 0 unspecified atom stereocenters. The third-order valence-corrected chi connectivity index (χ3v) is 5.50. The Kier molecular flexibility index (Phi) is 5.03. The lowest BCUT2D eigenvalue weighted by Gasteiger charge is -2.11. The minimum absolute atomic E-state index is 0.169. The fourth-order valence-corrected chi connectivity index (χ4v) is 3.94. The summed E-state index contributed by atoms with van der Waals surface area (Å²) < 4.78 is 13.7. The van der Waals surface area contributed by atoms with E-state index in [1.807, 2.05) is 0 Å². The molecular weight excluding hydrogens is 359 g/mol. The number of benzene rings is 1. The molecule has 3 rings (SSSR count). The van der Waals surface area contributed by atoms with Crippen molar-refractivity contribution in [1.82, 2.24) is 10.2 Å². The molecule has 1 aliphatic rings. The summed E-state index contributed by atoms with van der Waals surface area (Å²) in [5, 5.41) is 14.7. The van der Waals surface area contributed by atoms with Crippen molar-refractivity contribution in [3.63, 3.8) is 0 Å². The van der Waals surface area contributed by atoms with E-state index in [2.05, 4.69) is 20.8 Å². The summed E-state index contributed by atoms with van der Waals surface area (Å²) in [5.74, 6) is -0.671. The van der Waals surface area contributed by atoms with E-state index >= 15 is 0 Å². The zero-order chi connectivity index (χ0) is 16.4. The van der Waals surface area contributed by atoms with Gasteiger partial charge in [-0.25, -0.2) is 4.39 Å². The van der Waals surface area contributed by atoms with Crippen LogP contribution in [-0.2, 0) is 4.79 Å². The van der Waals surface area contributed by atoms with Crippen LogP contribution < -0.4 is 10.6 Å². The summed E-state index contributed by atoms with van der Waals surface area (Å²) in [6.45, 7) is 1.77. The Labute approximate surface area is 146 Å². The number of nitrogens with one attached hydrogen (secondary N) is 2. The maximum Gasteiger partial charge on any atom is 0.237 e. The third-order valence-electron chi connectivity index (χ3n) is 3.15. The molecule has 1 aliphatic carbocycles. The Balaban J connectivity index is 1.57. The van der Waals surface area contributed by atoms with Crippen LogP contribution in [0.1, 0.15) is 19.8 Å². The lowest BCUT2D eigenvalue weighted by Crippen LogP contribution is -2.22. The van der Waals surface area contributed by atoms with E-state index in [1.54, 1.807) is 6.92 Å². The highest BCUT2D eigenvalue weighted by Crippen LogP contribution is 2.32. The van der Waals surface area contributed by atoms with E-state index in [1.165, 1.54) is 48.1 Å². The van der Waals surface area contributed by atoms with Crippen LogP contribution in [0, 0.1) is 5.82 Å². The quantitative estimate of drug-likeness (QED) is 0.749. The lowest BCUT2D eigenvalue weighted by atomic mass is 10.3. The van der Waals surface area contributed by atoms with E-state index in [0.717, 1.165) is 15.5 Å². The number of anilines is 2. The van der Waals surface area contributed by atoms with Crippen molar-refractivity contribution in [3.8, 4) is 0 Å². The van der Waals surface area contributed by atoms with Crippen molar-refractivity contribution >= 4 is 51.4 Å². The van der Waals surface area contributed by atoms with Crippen LogP contribution in [0.2, 0.25) is 5.02 Å². The topological polar surface area (TPSA) is 66.9 Å². The molecule has 1 amide bonds. The Morgan fingerprint density at radius 2 is 2.26 bits per heavy atom. The summed E-state index contributed by atoms with van der Waals surface area (Å²) in [5.41, 5.74) is 0.388. The van der Waals surface area contributed by atoms with Gasteiger partial charge in [-0.3, -0.25) is 4.79 Å². The van der Waals surface area contributed by atoms with Crippen molar-refractivity contribution in [2.75, 3.05) is 10.6 Å². The first kappa shape index (κ1) is 16.5. The molecule has 0 bridgehead atoms. The zero-order valence-corrected chi connectivity index (χ0v) is 14.6. The number of thioether (sulfide) groups is 1. The number of nitrogens with zero attached hydrogens (tertiary/aromatic N) is 2. The van der Waals surface area contributed by atoms with Gasteiger partial charge in [0.25, 0.3) is 0 Å². The fraction of sp³-hybridized carbons (Fsp3) is 0.357. The van der Waals surface area contributed by atoms with E-state index in [-0.39, 0.29) is 16.2 Å². The molecule has 1 saturated carbocycles. The highest BCUT2D eigenvalue weighted by molar-refractivity contribution is 8.02. The molecular formula is C14H14ClFN4OS2. The molecule has 5 nitrogen and oxygen atoms in total. The predicted molar refractivity (Wildman–Crippen MR) is 91.9 cm³/mol. The Hall–Kier alpha value is -1.38. The first-order valence-electron chi connectivity index (χ1n) is 7.04. The zero-order valence-electron chi connectivity index (χ0n) is 12.2. The van der Waals surface area contributed by atoms with Gasteiger partial charge in [0, 0.05) is 6.04 Å². The number of amides is 1. The molecule has 0 aliphatic heterocycles. The third kappa shape index (κ3) is 4.55. The molecule has 0 saturated heterocycles. The summed E-state index contributed by atoms with van der Waals surface area (Å²) in [6.07, 6.45) is 2.33. The van der Waals surface area contributed by atoms with E-state index < -0.39 is 5.82 Å². The van der Waals surface area contributed by atoms with Crippen LogP contribution in [0.3, 0.4) is 0 Å². The molecule has 1 aromatic heterocycles.